The van der Waals surface area contributed by atoms with Gasteiger partial charge in [0.2, 0.25) is 5.91 Å². The first kappa shape index (κ1) is 18.4. The number of ether oxygens (including phenoxy) is 1. The Bertz CT molecular complexity index is 605. The Morgan fingerprint density at radius 3 is 2.61 bits per heavy atom. The van der Waals surface area contributed by atoms with E-state index < -0.39 is 22.9 Å². The van der Waals surface area contributed by atoms with Gasteiger partial charge in [0, 0.05) is 19.7 Å². The van der Waals surface area contributed by atoms with Crippen LogP contribution in [0.25, 0.3) is 0 Å². The fourth-order valence-corrected chi connectivity index (χ4v) is 1.88. The van der Waals surface area contributed by atoms with Gasteiger partial charge < -0.3 is 10.1 Å². The lowest BCUT2D eigenvalue weighted by molar-refractivity contribution is -0.385. The number of rotatable bonds is 6. The van der Waals surface area contributed by atoms with Crippen LogP contribution >= 0.6 is 0 Å². The molecular formula is C14H20N4O5. The summed E-state index contributed by atoms with van der Waals surface area (Å²) in [5, 5.41) is 15.5. The zero-order valence-electron chi connectivity index (χ0n) is 13.5. The third-order valence-corrected chi connectivity index (χ3v) is 3.38. The van der Waals surface area contributed by atoms with Gasteiger partial charge in [0.15, 0.2) is 5.75 Å². The largest absolute Gasteiger partial charge is 0.490 e. The Balaban J connectivity index is 2.82. The second-order valence-electron chi connectivity index (χ2n) is 4.92. The van der Waals surface area contributed by atoms with Gasteiger partial charge in [0.25, 0.3) is 0 Å². The molecule has 1 atom stereocenters. The fourth-order valence-electron chi connectivity index (χ4n) is 1.88. The number of amides is 3. The maximum atomic E-state index is 11.9. The van der Waals surface area contributed by atoms with Gasteiger partial charge in [-0.25, -0.2) is 4.79 Å². The lowest BCUT2D eigenvalue weighted by atomic mass is 10.1. The fraction of sp³-hybridized carbons (Fsp3) is 0.429. The van der Waals surface area contributed by atoms with Gasteiger partial charge >= 0.3 is 11.7 Å². The van der Waals surface area contributed by atoms with Crippen LogP contribution in [0.4, 0.5) is 10.5 Å². The second-order valence-corrected chi connectivity index (χ2v) is 4.92. The van der Waals surface area contributed by atoms with Gasteiger partial charge in [-0.15, -0.1) is 0 Å². The molecule has 0 radical (unpaired) electrons. The first-order valence-corrected chi connectivity index (χ1v) is 6.84. The summed E-state index contributed by atoms with van der Waals surface area (Å²) in [5.41, 5.74) is 0.514. The number of imide groups is 1. The third kappa shape index (κ3) is 4.92. The number of methoxy groups -OCH3 is 1. The molecule has 3 amide bonds. The molecule has 0 fully saturated rings. The van der Waals surface area contributed by atoms with Crippen molar-refractivity contribution in [2.75, 3.05) is 21.2 Å². The van der Waals surface area contributed by atoms with Crippen molar-refractivity contribution in [3.63, 3.8) is 0 Å². The monoisotopic (exact) mass is 324 g/mol. The molecule has 0 saturated heterocycles. The van der Waals surface area contributed by atoms with E-state index in [9.17, 15) is 19.7 Å². The van der Waals surface area contributed by atoms with Crippen LogP contribution < -0.4 is 15.4 Å². The van der Waals surface area contributed by atoms with Crippen molar-refractivity contribution in [3.8, 4) is 5.75 Å². The Hall–Kier alpha value is -2.68. The van der Waals surface area contributed by atoms with E-state index in [0.717, 1.165) is 0 Å². The number of urea groups is 1. The zero-order chi connectivity index (χ0) is 17.6. The predicted molar refractivity (Wildman–Crippen MR) is 83.2 cm³/mol. The van der Waals surface area contributed by atoms with E-state index in [1.807, 2.05) is 0 Å². The molecule has 1 rings (SSSR count). The molecule has 0 aliphatic heterocycles. The summed E-state index contributed by atoms with van der Waals surface area (Å²) in [6, 6.07) is 3.42. The molecule has 0 bridgehead atoms. The van der Waals surface area contributed by atoms with E-state index in [4.69, 9.17) is 4.74 Å². The topological polar surface area (TPSA) is 114 Å². The minimum atomic E-state index is -0.589. The van der Waals surface area contributed by atoms with Crippen molar-refractivity contribution >= 4 is 17.6 Å². The lowest BCUT2D eigenvalue weighted by Crippen LogP contribution is -2.47. The highest BCUT2D eigenvalue weighted by molar-refractivity contribution is 5.96. The van der Waals surface area contributed by atoms with Gasteiger partial charge in [0.1, 0.15) is 0 Å². The minimum Gasteiger partial charge on any atom is -0.490 e. The van der Waals surface area contributed by atoms with E-state index in [1.165, 1.54) is 26.3 Å². The Kier molecular flexibility index (Phi) is 6.46. The number of carbonyl (C=O) groups is 2. The van der Waals surface area contributed by atoms with Gasteiger partial charge in [-0.1, -0.05) is 6.07 Å². The van der Waals surface area contributed by atoms with Crippen molar-refractivity contribution in [3.05, 3.63) is 33.9 Å². The molecule has 0 aliphatic carbocycles. The molecular weight excluding hydrogens is 304 g/mol. The number of nitrogens with one attached hydrogen (secondary N) is 2. The van der Waals surface area contributed by atoms with Gasteiger partial charge in [-0.3, -0.25) is 25.1 Å². The quantitative estimate of drug-likeness (QED) is 0.593. The highest BCUT2D eigenvalue weighted by atomic mass is 16.6. The first-order valence-electron chi connectivity index (χ1n) is 6.84. The molecule has 0 saturated carbocycles. The second kappa shape index (κ2) is 8.08. The SMILES string of the molecule is CNC(=O)NC(=O)[C@H](C)N(C)Cc1ccc(OC)c([N+](=O)[O-])c1. The van der Waals surface area contributed by atoms with Gasteiger partial charge in [0.05, 0.1) is 18.1 Å². The van der Waals surface area contributed by atoms with Crippen molar-refractivity contribution in [1.82, 2.24) is 15.5 Å². The van der Waals surface area contributed by atoms with Crippen molar-refractivity contribution in [2.24, 2.45) is 0 Å². The average Bonchev–Trinajstić information content (AvgIpc) is 2.53. The highest BCUT2D eigenvalue weighted by Gasteiger charge is 2.21. The normalized spacial score (nSPS) is 11.7. The number of hydrogen-bond donors (Lipinski definition) is 2. The minimum absolute atomic E-state index is 0.138. The summed E-state index contributed by atoms with van der Waals surface area (Å²) < 4.78 is 4.94. The summed E-state index contributed by atoms with van der Waals surface area (Å²) in [6.45, 7) is 1.93. The van der Waals surface area contributed by atoms with E-state index >= 15 is 0 Å². The number of nitro groups is 1. The van der Waals surface area contributed by atoms with Crippen LogP contribution in [0.5, 0.6) is 5.75 Å². The molecule has 0 aromatic heterocycles. The molecule has 126 valence electrons. The summed E-state index contributed by atoms with van der Waals surface area (Å²) in [4.78, 5) is 35.2. The van der Waals surface area contributed by atoms with Crippen molar-refractivity contribution in [2.45, 2.75) is 19.5 Å². The number of benzene rings is 1. The predicted octanol–water partition coefficient (Wildman–Crippen LogP) is 0.879. The van der Waals surface area contributed by atoms with E-state index in [0.29, 0.717) is 12.1 Å². The molecule has 0 aliphatic rings. The Morgan fingerprint density at radius 1 is 1.43 bits per heavy atom. The number of likely N-dealkylation sites (N-methyl/N-ethyl adjacent to an activating group) is 1. The van der Waals surface area contributed by atoms with E-state index in [-0.39, 0.29) is 11.4 Å². The zero-order valence-corrected chi connectivity index (χ0v) is 13.5. The van der Waals surface area contributed by atoms with Crippen LogP contribution in [0, 0.1) is 10.1 Å². The molecule has 9 heteroatoms. The molecule has 23 heavy (non-hydrogen) atoms. The van der Waals surface area contributed by atoms with Crippen molar-refractivity contribution in [1.29, 1.82) is 0 Å². The molecule has 1 aromatic rings. The number of nitro benzene ring substituents is 1. The number of hydrogen-bond acceptors (Lipinski definition) is 6. The lowest BCUT2D eigenvalue weighted by Gasteiger charge is -2.23. The summed E-state index contributed by atoms with van der Waals surface area (Å²) >= 11 is 0. The van der Waals surface area contributed by atoms with Crippen LogP contribution in [0.3, 0.4) is 0 Å². The van der Waals surface area contributed by atoms with Crippen LogP contribution in [0.2, 0.25) is 0 Å². The molecule has 9 nitrogen and oxygen atoms in total. The summed E-state index contributed by atoms with van der Waals surface area (Å²) in [6.07, 6.45) is 0. The standard InChI is InChI=1S/C14H20N4O5/c1-9(13(19)16-14(20)15-2)17(3)8-10-5-6-12(23-4)11(7-10)18(21)22/h5-7,9H,8H2,1-4H3,(H2,15,16,19,20)/t9-/m0/s1. The highest BCUT2D eigenvalue weighted by Crippen LogP contribution is 2.28. The molecule has 1 aromatic carbocycles. The summed E-state index contributed by atoms with van der Waals surface area (Å²) in [5.74, 6) is -0.290. The average molecular weight is 324 g/mol. The van der Waals surface area contributed by atoms with E-state index in [2.05, 4.69) is 10.6 Å². The molecule has 0 spiro atoms. The van der Waals surface area contributed by atoms with Crippen molar-refractivity contribution < 1.29 is 19.2 Å². The Labute approximate surface area is 133 Å². The third-order valence-electron chi connectivity index (χ3n) is 3.38. The molecule has 2 N–H and O–H groups in total. The molecule has 0 heterocycles. The van der Waals surface area contributed by atoms with Crippen LogP contribution in [0.15, 0.2) is 18.2 Å². The number of carbonyl (C=O) groups excluding carboxylic acids is 2. The smallest absolute Gasteiger partial charge is 0.321 e. The summed E-state index contributed by atoms with van der Waals surface area (Å²) in [7, 11) is 4.46. The van der Waals surface area contributed by atoms with Crippen LogP contribution in [-0.2, 0) is 11.3 Å². The van der Waals surface area contributed by atoms with Gasteiger partial charge in [-0.2, -0.15) is 0 Å². The maximum Gasteiger partial charge on any atom is 0.321 e. The first-order chi connectivity index (χ1) is 10.8. The Morgan fingerprint density at radius 2 is 2.09 bits per heavy atom. The maximum absolute atomic E-state index is 11.9. The van der Waals surface area contributed by atoms with Gasteiger partial charge in [-0.05, 0) is 25.6 Å². The molecule has 0 unspecified atom stereocenters. The van der Waals surface area contributed by atoms with Crippen LogP contribution in [-0.4, -0.2) is 49.0 Å². The number of nitrogens with zero attached hydrogens (tertiary/aromatic N) is 2. The van der Waals surface area contributed by atoms with E-state index in [1.54, 1.807) is 24.9 Å². The van der Waals surface area contributed by atoms with Crippen LogP contribution in [0.1, 0.15) is 12.5 Å².